The fourth-order valence-electron chi connectivity index (χ4n) is 1.20. The molecule has 0 radical (unpaired) electrons. The number of alkyl halides is 3. The summed E-state index contributed by atoms with van der Waals surface area (Å²) in [6, 6.07) is 0.752. The van der Waals surface area contributed by atoms with Crippen LogP contribution in [0.5, 0.6) is 0 Å². The van der Waals surface area contributed by atoms with E-state index in [9.17, 15) is 13.2 Å². The molecule has 0 amide bonds. The van der Waals surface area contributed by atoms with E-state index in [1.54, 1.807) is 6.07 Å². The summed E-state index contributed by atoms with van der Waals surface area (Å²) >= 11 is 0. The van der Waals surface area contributed by atoms with Gasteiger partial charge >= 0.3 is 6.18 Å². The molecule has 0 aliphatic rings. The highest BCUT2D eigenvalue weighted by atomic mass is 19.4. The first-order valence-corrected chi connectivity index (χ1v) is 4.40. The van der Waals surface area contributed by atoms with Crippen molar-refractivity contribution in [2.45, 2.75) is 25.6 Å². The van der Waals surface area contributed by atoms with E-state index >= 15 is 0 Å². The minimum absolute atomic E-state index is 0.421. The highest BCUT2D eigenvalue weighted by Gasteiger charge is 2.40. The zero-order valence-electron chi connectivity index (χ0n) is 8.36. The molecule has 0 aliphatic carbocycles. The molecule has 0 spiro atoms. The first-order valence-electron chi connectivity index (χ1n) is 4.40. The molecule has 88 valence electrons. The van der Waals surface area contributed by atoms with Crippen molar-refractivity contribution in [1.82, 2.24) is 15.0 Å². The number of halogens is 3. The van der Waals surface area contributed by atoms with Crippen molar-refractivity contribution in [3.8, 4) is 6.07 Å². The summed E-state index contributed by atoms with van der Waals surface area (Å²) in [5.41, 5.74) is -1.49. The second-order valence-corrected chi connectivity index (χ2v) is 3.19. The van der Waals surface area contributed by atoms with Crippen molar-refractivity contribution < 1.29 is 18.3 Å². The van der Waals surface area contributed by atoms with Gasteiger partial charge in [0.05, 0.1) is 25.1 Å². The van der Waals surface area contributed by atoms with Crippen LogP contribution in [0, 0.1) is 11.3 Å². The highest BCUT2D eigenvalue weighted by molar-refractivity contribution is 5.18. The molecule has 1 rings (SSSR count). The lowest BCUT2D eigenvalue weighted by Crippen LogP contribution is -2.21. The Bertz CT molecular complexity index is 406. The van der Waals surface area contributed by atoms with Crippen LogP contribution >= 0.6 is 0 Å². The standard InChI is InChI=1S/C8H9F3N4O/c1-5(4-16)15-7(8(9,10)11)6(2-3-12)13-14-15/h5,16H,2,4H2,1H3. The van der Waals surface area contributed by atoms with Gasteiger partial charge in [-0.15, -0.1) is 5.10 Å². The van der Waals surface area contributed by atoms with Crippen LogP contribution in [0.4, 0.5) is 13.2 Å². The zero-order valence-corrected chi connectivity index (χ0v) is 8.36. The number of rotatable bonds is 3. The fourth-order valence-corrected chi connectivity index (χ4v) is 1.20. The lowest BCUT2D eigenvalue weighted by molar-refractivity contribution is -0.145. The van der Waals surface area contributed by atoms with E-state index in [0.29, 0.717) is 4.68 Å². The van der Waals surface area contributed by atoms with Crippen molar-refractivity contribution in [2.24, 2.45) is 0 Å². The van der Waals surface area contributed by atoms with Gasteiger partial charge in [0.25, 0.3) is 0 Å². The summed E-state index contributed by atoms with van der Waals surface area (Å²) in [4.78, 5) is 0. The third kappa shape index (κ3) is 2.30. The van der Waals surface area contributed by atoms with Crippen molar-refractivity contribution in [1.29, 1.82) is 5.26 Å². The van der Waals surface area contributed by atoms with Crippen LogP contribution in [0.1, 0.15) is 24.4 Å². The van der Waals surface area contributed by atoms with Crippen LogP contribution in [0.15, 0.2) is 0 Å². The minimum atomic E-state index is -4.64. The Morgan fingerprint density at radius 3 is 2.62 bits per heavy atom. The molecule has 1 aromatic heterocycles. The van der Waals surface area contributed by atoms with Crippen molar-refractivity contribution in [3.63, 3.8) is 0 Å². The third-order valence-electron chi connectivity index (χ3n) is 1.96. The van der Waals surface area contributed by atoms with Gasteiger partial charge in [-0.2, -0.15) is 18.4 Å². The van der Waals surface area contributed by atoms with Gasteiger partial charge in [0.2, 0.25) is 0 Å². The van der Waals surface area contributed by atoms with E-state index < -0.39 is 36.6 Å². The van der Waals surface area contributed by atoms with Crippen LogP contribution in [-0.2, 0) is 12.6 Å². The molecule has 8 heteroatoms. The molecule has 0 bridgehead atoms. The number of aliphatic hydroxyl groups is 1. The van der Waals surface area contributed by atoms with E-state index in [1.165, 1.54) is 6.92 Å². The predicted octanol–water partition coefficient (Wildman–Crippen LogP) is 0.916. The normalized spacial score (nSPS) is 13.5. The van der Waals surface area contributed by atoms with Gasteiger partial charge in [-0.3, -0.25) is 0 Å². The van der Waals surface area contributed by atoms with Crippen LogP contribution in [-0.4, -0.2) is 26.7 Å². The molecular formula is C8H9F3N4O. The van der Waals surface area contributed by atoms with Crippen molar-refractivity contribution in [3.05, 3.63) is 11.4 Å². The topological polar surface area (TPSA) is 74.7 Å². The number of hydrogen-bond acceptors (Lipinski definition) is 4. The molecule has 5 nitrogen and oxygen atoms in total. The quantitative estimate of drug-likeness (QED) is 0.843. The highest BCUT2D eigenvalue weighted by Crippen LogP contribution is 2.32. The second kappa shape index (κ2) is 4.49. The first kappa shape index (κ1) is 12.4. The second-order valence-electron chi connectivity index (χ2n) is 3.19. The van der Waals surface area contributed by atoms with E-state index in [1.807, 2.05) is 0 Å². The Hall–Kier alpha value is -1.62. The molecule has 1 N–H and O–H groups in total. The van der Waals surface area contributed by atoms with Gasteiger partial charge in [0, 0.05) is 0 Å². The Kier molecular flexibility index (Phi) is 3.49. The number of nitriles is 1. The number of aromatic nitrogens is 3. The maximum absolute atomic E-state index is 12.7. The smallest absolute Gasteiger partial charge is 0.394 e. The van der Waals surface area contributed by atoms with E-state index in [0.717, 1.165) is 0 Å². The van der Waals surface area contributed by atoms with Gasteiger partial charge in [-0.05, 0) is 6.92 Å². The Balaban J connectivity index is 3.26. The Morgan fingerprint density at radius 1 is 1.56 bits per heavy atom. The first-order chi connectivity index (χ1) is 7.41. The molecule has 0 fully saturated rings. The summed E-state index contributed by atoms with van der Waals surface area (Å²) in [5, 5.41) is 23.8. The molecule has 1 aromatic rings. The van der Waals surface area contributed by atoms with Crippen LogP contribution in [0.25, 0.3) is 0 Å². The maximum Gasteiger partial charge on any atom is 0.434 e. The molecule has 0 saturated heterocycles. The van der Waals surface area contributed by atoms with Crippen LogP contribution in [0.2, 0.25) is 0 Å². The van der Waals surface area contributed by atoms with E-state index in [4.69, 9.17) is 10.4 Å². The molecule has 0 aromatic carbocycles. The molecule has 1 unspecified atom stereocenters. The van der Waals surface area contributed by atoms with Gasteiger partial charge < -0.3 is 5.11 Å². The third-order valence-corrected chi connectivity index (χ3v) is 1.96. The largest absolute Gasteiger partial charge is 0.434 e. The van der Waals surface area contributed by atoms with Gasteiger partial charge in [0.15, 0.2) is 5.69 Å². The molecular weight excluding hydrogens is 225 g/mol. The lowest BCUT2D eigenvalue weighted by Gasteiger charge is -2.14. The molecule has 0 saturated carbocycles. The number of aliphatic hydroxyl groups excluding tert-OH is 1. The van der Waals surface area contributed by atoms with Crippen LogP contribution in [0.3, 0.4) is 0 Å². The predicted molar refractivity (Wildman–Crippen MR) is 46.1 cm³/mol. The SMILES string of the molecule is CC(CO)n1nnc(CC#N)c1C(F)(F)F. The average molecular weight is 234 g/mol. The van der Waals surface area contributed by atoms with Gasteiger partial charge in [-0.1, -0.05) is 5.21 Å². The summed E-state index contributed by atoms with van der Waals surface area (Å²) in [6.45, 7) is 0.887. The van der Waals surface area contributed by atoms with Crippen molar-refractivity contribution in [2.75, 3.05) is 6.61 Å². The molecule has 16 heavy (non-hydrogen) atoms. The summed E-state index contributed by atoms with van der Waals surface area (Å²) < 4.78 is 38.6. The Labute approximate surface area is 89.1 Å². The maximum atomic E-state index is 12.7. The summed E-state index contributed by atoms with van der Waals surface area (Å²) in [7, 11) is 0. The monoisotopic (exact) mass is 234 g/mol. The Morgan fingerprint density at radius 2 is 2.19 bits per heavy atom. The molecule has 0 aliphatic heterocycles. The van der Waals surface area contributed by atoms with Gasteiger partial charge in [0.1, 0.15) is 5.69 Å². The van der Waals surface area contributed by atoms with Crippen molar-refractivity contribution >= 4 is 0 Å². The summed E-state index contributed by atoms with van der Waals surface area (Å²) in [6.07, 6.45) is -5.11. The molecule has 1 heterocycles. The number of hydrogen-bond donors (Lipinski definition) is 1. The fraction of sp³-hybridized carbons (Fsp3) is 0.625. The minimum Gasteiger partial charge on any atom is -0.394 e. The zero-order chi connectivity index (χ0) is 12.3. The average Bonchev–Trinajstić information content (AvgIpc) is 2.60. The van der Waals surface area contributed by atoms with E-state index in [-0.39, 0.29) is 0 Å². The van der Waals surface area contributed by atoms with E-state index in [2.05, 4.69) is 10.3 Å². The van der Waals surface area contributed by atoms with Crippen LogP contribution < -0.4 is 0 Å². The lowest BCUT2D eigenvalue weighted by atomic mass is 10.2. The summed E-state index contributed by atoms with van der Waals surface area (Å²) in [5.74, 6) is 0. The number of nitrogens with zero attached hydrogens (tertiary/aromatic N) is 4. The molecule has 1 atom stereocenters. The van der Waals surface area contributed by atoms with Gasteiger partial charge in [-0.25, -0.2) is 4.68 Å².